The topological polar surface area (TPSA) is 51.8 Å². The van der Waals surface area contributed by atoms with Gasteiger partial charge in [-0.3, -0.25) is 0 Å². The minimum atomic E-state index is 0.151. The molecule has 0 amide bonds. The molecular formula is C31H18ClN3O. The summed E-state index contributed by atoms with van der Waals surface area (Å²) in [4.78, 5) is 13.7. The highest BCUT2D eigenvalue weighted by atomic mass is 35.5. The zero-order valence-corrected chi connectivity index (χ0v) is 19.8. The van der Waals surface area contributed by atoms with Gasteiger partial charge in [-0.25, -0.2) is 4.98 Å². The molecule has 7 rings (SSSR count). The lowest BCUT2D eigenvalue weighted by Gasteiger charge is -2.09. The largest absolute Gasteiger partial charge is 0.455 e. The van der Waals surface area contributed by atoms with Crippen LogP contribution >= 0.6 is 11.6 Å². The first-order valence-corrected chi connectivity index (χ1v) is 12.0. The second-order valence-corrected chi connectivity index (χ2v) is 8.98. The van der Waals surface area contributed by atoms with Crippen LogP contribution in [0, 0.1) is 0 Å². The molecule has 0 atom stereocenters. The highest BCUT2D eigenvalue weighted by molar-refractivity contribution is 6.28. The third-order valence-corrected chi connectivity index (χ3v) is 6.64. The molecule has 0 spiro atoms. The zero-order chi connectivity index (χ0) is 24.1. The first-order valence-electron chi connectivity index (χ1n) is 11.7. The number of halogens is 1. The van der Waals surface area contributed by atoms with Crippen molar-refractivity contribution in [3.8, 4) is 33.9 Å². The normalized spacial score (nSPS) is 11.5. The van der Waals surface area contributed by atoms with E-state index in [1.165, 1.54) is 10.8 Å². The summed E-state index contributed by atoms with van der Waals surface area (Å²) in [6.07, 6.45) is 0. The van der Waals surface area contributed by atoms with E-state index in [2.05, 4.69) is 70.6 Å². The van der Waals surface area contributed by atoms with Gasteiger partial charge in [0.2, 0.25) is 5.28 Å². The smallest absolute Gasteiger partial charge is 0.226 e. The van der Waals surface area contributed by atoms with Gasteiger partial charge in [-0.15, -0.1) is 0 Å². The molecule has 2 aromatic heterocycles. The molecule has 36 heavy (non-hydrogen) atoms. The molecule has 4 nitrogen and oxygen atoms in total. The summed E-state index contributed by atoms with van der Waals surface area (Å²) in [5.41, 5.74) is 5.43. The molecule has 2 heterocycles. The minimum Gasteiger partial charge on any atom is -0.455 e. The van der Waals surface area contributed by atoms with E-state index in [1.807, 2.05) is 48.5 Å². The molecule has 0 saturated heterocycles. The van der Waals surface area contributed by atoms with E-state index in [4.69, 9.17) is 21.0 Å². The Morgan fingerprint density at radius 3 is 2.17 bits per heavy atom. The fourth-order valence-corrected chi connectivity index (χ4v) is 4.95. The van der Waals surface area contributed by atoms with Gasteiger partial charge >= 0.3 is 0 Å². The second kappa shape index (κ2) is 8.29. The monoisotopic (exact) mass is 483 g/mol. The number of furan rings is 1. The van der Waals surface area contributed by atoms with Crippen LogP contribution in [0.25, 0.3) is 66.6 Å². The molecule has 170 valence electrons. The van der Waals surface area contributed by atoms with Crippen LogP contribution in [0.2, 0.25) is 5.28 Å². The highest BCUT2D eigenvalue weighted by Crippen LogP contribution is 2.41. The van der Waals surface area contributed by atoms with Crippen LogP contribution in [0.1, 0.15) is 0 Å². The van der Waals surface area contributed by atoms with Gasteiger partial charge in [0.15, 0.2) is 11.6 Å². The highest BCUT2D eigenvalue weighted by Gasteiger charge is 2.20. The van der Waals surface area contributed by atoms with Crippen molar-refractivity contribution in [1.82, 2.24) is 15.0 Å². The van der Waals surface area contributed by atoms with Gasteiger partial charge in [-0.1, -0.05) is 84.9 Å². The van der Waals surface area contributed by atoms with Crippen molar-refractivity contribution in [3.63, 3.8) is 0 Å². The van der Waals surface area contributed by atoms with Crippen molar-refractivity contribution in [2.24, 2.45) is 0 Å². The summed E-state index contributed by atoms with van der Waals surface area (Å²) in [5.74, 6) is 1.04. The number of rotatable bonds is 3. The Morgan fingerprint density at radius 1 is 0.556 bits per heavy atom. The molecule has 0 unspecified atom stereocenters. The Kier molecular flexibility index (Phi) is 4.79. The van der Waals surface area contributed by atoms with Gasteiger partial charge in [0, 0.05) is 27.5 Å². The summed E-state index contributed by atoms with van der Waals surface area (Å²) in [7, 11) is 0. The number of para-hydroxylation sites is 1. The van der Waals surface area contributed by atoms with Crippen molar-refractivity contribution in [1.29, 1.82) is 0 Å². The van der Waals surface area contributed by atoms with Gasteiger partial charge < -0.3 is 4.42 Å². The van der Waals surface area contributed by atoms with Gasteiger partial charge in [0.25, 0.3) is 0 Å². The molecule has 0 radical (unpaired) electrons. The van der Waals surface area contributed by atoms with Gasteiger partial charge in [0.05, 0.1) is 0 Å². The molecule has 0 aliphatic heterocycles. The number of hydrogen-bond acceptors (Lipinski definition) is 4. The van der Waals surface area contributed by atoms with E-state index < -0.39 is 0 Å². The van der Waals surface area contributed by atoms with Gasteiger partial charge in [0.1, 0.15) is 11.2 Å². The van der Waals surface area contributed by atoms with Crippen molar-refractivity contribution in [2.45, 2.75) is 0 Å². The quantitative estimate of drug-likeness (QED) is 0.252. The van der Waals surface area contributed by atoms with Gasteiger partial charge in [-0.2, -0.15) is 9.97 Å². The average molecular weight is 484 g/mol. The van der Waals surface area contributed by atoms with E-state index >= 15 is 0 Å². The predicted octanol–water partition coefficient (Wildman–Crippen LogP) is 8.58. The van der Waals surface area contributed by atoms with E-state index in [0.717, 1.165) is 44.2 Å². The van der Waals surface area contributed by atoms with Crippen LogP contribution in [-0.2, 0) is 0 Å². The molecule has 5 aromatic carbocycles. The molecule has 5 heteroatoms. The lowest BCUT2D eigenvalue weighted by Crippen LogP contribution is -1.97. The number of fused-ring (bicyclic) bond motifs is 4. The molecule has 0 N–H and O–H groups in total. The number of benzene rings is 5. The third kappa shape index (κ3) is 3.43. The van der Waals surface area contributed by atoms with Crippen molar-refractivity contribution < 1.29 is 4.42 Å². The zero-order valence-electron chi connectivity index (χ0n) is 19.0. The Hall–Kier alpha value is -4.54. The van der Waals surface area contributed by atoms with E-state index in [0.29, 0.717) is 11.6 Å². The van der Waals surface area contributed by atoms with E-state index in [9.17, 15) is 0 Å². The standard InChI is InChI=1S/C31H18ClN3O/c32-31-34-29(20-9-2-1-3-10-20)33-30(35-31)25-17-16-23(22-15-14-19-8-4-5-11-21(19)18-22)28-27(25)24-12-6-7-13-26(24)36-28/h1-18H. The fraction of sp³-hybridized carbons (Fsp3) is 0. The van der Waals surface area contributed by atoms with Crippen LogP contribution in [0.4, 0.5) is 0 Å². The van der Waals surface area contributed by atoms with E-state index in [-0.39, 0.29) is 5.28 Å². The maximum absolute atomic E-state index is 6.45. The lowest BCUT2D eigenvalue weighted by molar-refractivity contribution is 0.670. The summed E-state index contributed by atoms with van der Waals surface area (Å²) in [5, 5.41) is 4.49. The first kappa shape index (κ1) is 20.8. The number of hydrogen-bond donors (Lipinski definition) is 0. The fourth-order valence-electron chi connectivity index (χ4n) is 4.79. The SMILES string of the molecule is Clc1nc(-c2ccccc2)nc(-c2ccc(-c3ccc4ccccc4c3)c3oc4ccccc4c23)n1. The molecule has 7 aromatic rings. The van der Waals surface area contributed by atoms with Crippen LogP contribution in [0.15, 0.2) is 114 Å². The molecule has 0 saturated carbocycles. The minimum absolute atomic E-state index is 0.151. The summed E-state index contributed by atoms with van der Waals surface area (Å²) < 4.78 is 6.45. The molecule has 0 bridgehead atoms. The number of aromatic nitrogens is 3. The Labute approximate surface area is 211 Å². The lowest BCUT2D eigenvalue weighted by atomic mass is 9.96. The van der Waals surface area contributed by atoms with Crippen LogP contribution in [0.3, 0.4) is 0 Å². The van der Waals surface area contributed by atoms with E-state index in [1.54, 1.807) is 0 Å². The maximum atomic E-state index is 6.45. The van der Waals surface area contributed by atoms with Crippen molar-refractivity contribution in [3.05, 3.63) is 114 Å². The molecule has 0 aliphatic carbocycles. The second-order valence-electron chi connectivity index (χ2n) is 8.64. The Bertz CT molecular complexity index is 1910. The van der Waals surface area contributed by atoms with Crippen LogP contribution < -0.4 is 0 Å². The van der Waals surface area contributed by atoms with Gasteiger partial charge in [-0.05, 0) is 52.2 Å². The summed E-state index contributed by atoms with van der Waals surface area (Å²) >= 11 is 6.39. The molecule has 0 fully saturated rings. The predicted molar refractivity (Wildman–Crippen MR) is 146 cm³/mol. The summed E-state index contributed by atoms with van der Waals surface area (Å²) in [6, 6.07) is 36.8. The van der Waals surface area contributed by atoms with Crippen molar-refractivity contribution >= 4 is 44.3 Å². The van der Waals surface area contributed by atoms with Crippen LogP contribution in [-0.4, -0.2) is 15.0 Å². The Morgan fingerprint density at radius 2 is 1.28 bits per heavy atom. The Balaban J connectivity index is 1.50. The maximum Gasteiger partial charge on any atom is 0.226 e. The average Bonchev–Trinajstić information content (AvgIpc) is 3.32. The number of nitrogens with zero attached hydrogens (tertiary/aromatic N) is 3. The third-order valence-electron chi connectivity index (χ3n) is 6.47. The van der Waals surface area contributed by atoms with Crippen molar-refractivity contribution in [2.75, 3.05) is 0 Å². The van der Waals surface area contributed by atoms with Crippen LogP contribution in [0.5, 0.6) is 0 Å². The summed E-state index contributed by atoms with van der Waals surface area (Å²) in [6.45, 7) is 0. The molecular weight excluding hydrogens is 466 g/mol. The first-order chi connectivity index (χ1) is 17.7. The molecule has 0 aliphatic rings.